The summed E-state index contributed by atoms with van der Waals surface area (Å²) in [5.74, 6) is -0.202. The molecule has 1 atom stereocenters. The van der Waals surface area contributed by atoms with E-state index in [1.165, 1.54) is 0 Å². The van der Waals surface area contributed by atoms with Gasteiger partial charge in [0, 0.05) is 25.6 Å². The third kappa shape index (κ3) is 5.24. The topological polar surface area (TPSA) is 95.9 Å². The molecule has 7 heteroatoms. The summed E-state index contributed by atoms with van der Waals surface area (Å²) in [5, 5.41) is 11.6. The number of carboxylic acid groups (broad SMARTS) is 1. The van der Waals surface area contributed by atoms with Crippen LogP contribution in [0.25, 0.3) is 0 Å². The maximum absolute atomic E-state index is 12.5. The minimum atomic E-state index is -1.04. The van der Waals surface area contributed by atoms with Gasteiger partial charge in [-0.05, 0) is 49.3 Å². The molecule has 152 valence electrons. The van der Waals surface area contributed by atoms with Crippen LogP contribution in [-0.4, -0.2) is 47.0 Å². The van der Waals surface area contributed by atoms with Crippen molar-refractivity contribution in [3.05, 3.63) is 29.8 Å². The van der Waals surface area contributed by atoms with Gasteiger partial charge in [0.05, 0.1) is 5.92 Å². The van der Waals surface area contributed by atoms with Gasteiger partial charge in [0.25, 0.3) is 0 Å². The monoisotopic (exact) mass is 388 g/mol. The summed E-state index contributed by atoms with van der Waals surface area (Å²) in [5.41, 5.74) is 0.818. The van der Waals surface area contributed by atoms with Crippen LogP contribution in [0, 0.1) is 11.8 Å². The van der Waals surface area contributed by atoms with Crippen molar-refractivity contribution in [1.82, 2.24) is 10.2 Å². The number of likely N-dealkylation sites (tertiary alicyclic amines) is 1. The Morgan fingerprint density at radius 1 is 1.25 bits per heavy atom. The molecular formula is C21H28N2O5. The highest BCUT2D eigenvalue weighted by Gasteiger charge is 2.38. The summed E-state index contributed by atoms with van der Waals surface area (Å²) in [4.78, 5) is 37.4. The largest absolute Gasteiger partial charge is 0.482 e. The Hall–Kier alpha value is -2.57. The van der Waals surface area contributed by atoms with E-state index in [0.717, 1.165) is 37.2 Å². The molecule has 1 saturated carbocycles. The summed E-state index contributed by atoms with van der Waals surface area (Å²) in [6.07, 6.45) is 4.63. The van der Waals surface area contributed by atoms with E-state index in [1.54, 1.807) is 18.2 Å². The predicted molar refractivity (Wildman–Crippen MR) is 103 cm³/mol. The highest BCUT2D eigenvalue weighted by Crippen LogP contribution is 2.31. The number of amides is 2. The van der Waals surface area contributed by atoms with Crippen molar-refractivity contribution in [1.29, 1.82) is 0 Å². The summed E-state index contributed by atoms with van der Waals surface area (Å²) in [7, 11) is 0. The van der Waals surface area contributed by atoms with Crippen molar-refractivity contribution in [2.45, 2.75) is 51.6 Å². The Labute approximate surface area is 165 Å². The van der Waals surface area contributed by atoms with Crippen LogP contribution in [0.15, 0.2) is 24.3 Å². The van der Waals surface area contributed by atoms with Gasteiger partial charge >= 0.3 is 5.97 Å². The lowest BCUT2D eigenvalue weighted by Crippen LogP contribution is -2.40. The van der Waals surface area contributed by atoms with E-state index >= 15 is 0 Å². The number of rotatable bonds is 7. The van der Waals surface area contributed by atoms with Gasteiger partial charge in [0.15, 0.2) is 6.61 Å². The second-order valence-electron chi connectivity index (χ2n) is 7.91. The zero-order chi connectivity index (χ0) is 20.1. The molecule has 2 N–H and O–H groups in total. The van der Waals surface area contributed by atoms with Gasteiger partial charge in [-0.3, -0.25) is 9.59 Å². The molecule has 0 radical (unpaired) electrons. The lowest BCUT2D eigenvalue weighted by Gasteiger charge is -2.33. The molecule has 1 aromatic carbocycles. The Bertz CT molecular complexity index is 727. The number of hydrogen-bond acceptors (Lipinski definition) is 4. The SMILES string of the molecule is CC1CCC(N2CC(C(=O)NCc3cccc(OCC(=O)O)c3)CC2=O)CC1. The van der Waals surface area contributed by atoms with Gasteiger partial charge < -0.3 is 20.1 Å². The van der Waals surface area contributed by atoms with Crippen LogP contribution in [0.1, 0.15) is 44.6 Å². The van der Waals surface area contributed by atoms with Crippen LogP contribution in [0.3, 0.4) is 0 Å². The molecule has 2 amide bonds. The van der Waals surface area contributed by atoms with Crippen molar-refractivity contribution in [2.24, 2.45) is 11.8 Å². The number of nitrogens with one attached hydrogen (secondary N) is 1. The van der Waals surface area contributed by atoms with Gasteiger partial charge in [-0.25, -0.2) is 4.79 Å². The highest BCUT2D eigenvalue weighted by molar-refractivity contribution is 5.89. The molecule has 1 unspecified atom stereocenters. The van der Waals surface area contributed by atoms with Crippen molar-refractivity contribution in [3.8, 4) is 5.75 Å². The average Bonchev–Trinajstić information content (AvgIpc) is 3.07. The minimum absolute atomic E-state index is 0.0868. The molecule has 1 saturated heterocycles. The maximum atomic E-state index is 12.5. The molecule has 28 heavy (non-hydrogen) atoms. The molecule has 1 aliphatic heterocycles. The molecule has 3 rings (SSSR count). The van der Waals surface area contributed by atoms with Gasteiger partial charge in [-0.1, -0.05) is 19.1 Å². The lowest BCUT2D eigenvalue weighted by molar-refractivity contribution is -0.139. The summed E-state index contributed by atoms with van der Waals surface area (Å²) < 4.78 is 5.15. The molecule has 0 spiro atoms. The molecule has 0 aromatic heterocycles. The van der Waals surface area contributed by atoms with E-state index in [9.17, 15) is 14.4 Å². The third-order valence-electron chi connectivity index (χ3n) is 5.68. The van der Waals surface area contributed by atoms with E-state index in [1.807, 2.05) is 11.0 Å². The van der Waals surface area contributed by atoms with Gasteiger partial charge in [0.1, 0.15) is 5.75 Å². The quantitative estimate of drug-likeness (QED) is 0.746. The van der Waals surface area contributed by atoms with Gasteiger partial charge in [0.2, 0.25) is 11.8 Å². The Kier molecular flexibility index (Phi) is 6.54. The molecule has 0 bridgehead atoms. The van der Waals surface area contributed by atoms with Crippen LogP contribution in [0.2, 0.25) is 0 Å². The zero-order valence-electron chi connectivity index (χ0n) is 16.2. The first kappa shape index (κ1) is 20.2. The molecule has 1 aliphatic carbocycles. The van der Waals surface area contributed by atoms with E-state index in [4.69, 9.17) is 9.84 Å². The van der Waals surface area contributed by atoms with Crippen LogP contribution >= 0.6 is 0 Å². The Balaban J connectivity index is 1.49. The lowest BCUT2D eigenvalue weighted by atomic mass is 9.87. The molecular weight excluding hydrogens is 360 g/mol. The van der Waals surface area contributed by atoms with Crippen LogP contribution < -0.4 is 10.1 Å². The van der Waals surface area contributed by atoms with Gasteiger partial charge in [-0.15, -0.1) is 0 Å². The van der Waals surface area contributed by atoms with E-state index in [2.05, 4.69) is 12.2 Å². The zero-order valence-corrected chi connectivity index (χ0v) is 16.2. The van der Waals surface area contributed by atoms with Crippen molar-refractivity contribution in [2.75, 3.05) is 13.2 Å². The number of aliphatic carboxylic acids is 1. The van der Waals surface area contributed by atoms with E-state index < -0.39 is 12.6 Å². The van der Waals surface area contributed by atoms with E-state index in [-0.39, 0.29) is 30.2 Å². The summed E-state index contributed by atoms with van der Waals surface area (Å²) >= 11 is 0. The Morgan fingerprint density at radius 3 is 2.71 bits per heavy atom. The molecule has 1 aromatic rings. The number of ether oxygens (including phenoxy) is 1. The Morgan fingerprint density at radius 2 is 2.00 bits per heavy atom. The smallest absolute Gasteiger partial charge is 0.341 e. The van der Waals surface area contributed by atoms with Crippen molar-refractivity contribution >= 4 is 17.8 Å². The molecule has 7 nitrogen and oxygen atoms in total. The number of carbonyl (C=O) groups excluding carboxylic acids is 2. The number of hydrogen-bond donors (Lipinski definition) is 2. The van der Waals surface area contributed by atoms with Crippen molar-refractivity contribution in [3.63, 3.8) is 0 Å². The summed E-state index contributed by atoms with van der Waals surface area (Å²) in [6.45, 7) is 2.66. The van der Waals surface area contributed by atoms with Crippen LogP contribution in [0.4, 0.5) is 0 Å². The second-order valence-corrected chi connectivity index (χ2v) is 7.91. The number of carbonyl (C=O) groups is 3. The van der Waals surface area contributed by atoms with Crippen LogP contribution in [0.5, 0.6) is 5.75 Å². The van der Waals surface area contributed by atoms with E-state index in [0.29, 0.717) is 18.8 Å². The fourth-order valence-corrected chi connectivity index (χ4v) is 4.04. The fraction of sp³-hybridized carbons (Fsp3) is 0.571. The highest BCUT2D eigenvalue weighted by atomic mass is 16.5. The van der Waals surface area contributed by atoms with Gasteiger partial charge in [-0.2, -0.15) is 0 Å². The first-order valence-electron chi connectivity index (χ1n) is 9.93. The molecule has 1 heterocycles. The minimum Gasteiger partial charge on any atom is -0.482 e. The van der Waals surface area contributed by atoms with Crippen molar-refractivity contribution < 1.29 is 24.2 Å². The maximum Gasteiger partial charge on any atom is 0.341 e. The van der Waals surface area contributed by atoms with Crippen LogP contribution in [-0.2, 0) is 20.9 Å². The normalized spacial score (nSPS) is 24.8. The second kappa shape index (κ2) is 9.08. The number of benzene rings is 1. The molecule has 2 fully saturated rings. The average molecular weight is 388 g/mol. The fourth-order valence-electron chi connectivity index (χ4n) is 4.04. The number of carboxylic acids is 1. The molecule has 2 aliphatic rings. The number of nitrogens with zero attached hydrogens (tertiary/aromatic N) is 1. The standard InChI is InChI=1S/C21H28N2O5/c1-14-5-7-17(8-6-14)23-12-16(10-19(23)24)21(27)22-11-15-3-2-4-18(9-15)28-13-20(25)26/h2-4,9,14,16-17H,5-8,10-13H2,1H3,(H,22,27)(H,25,26). The first-order valence-corrected chi connectivity index (χ1v) is 9.93. The predicted octanol–water partition coefficient (Wildman–Crippen LogP) is 2.19. The first-order chi connectivity index (χ1) is 13.4. The summed E-state index contributed by atoms with van der Waals surface area (Å²) in [6, 6.07) is 7.25. The third-order valence-corrected chi connectivity index (χ3v) is 5.68.